The van der Waals surface area contributed by atoms with Crippen molar-refractivity contribution in [2.75, 3.05) is 0 Å². The number of hydrogen-bond donors (Lipinski definition) is 0. The Hall–Kier alpha value is -0.560. The van der Waals surface area contributed by atoms with Crippen molar-refractivity contribution < 1.29 is 4.74 Å². The maximum atomic E-state index is 5.50. The van der Waals surface area contributed by atoms with Crippen molar-refractivity contribution in [2.24, 2.45) is 0 Å². The van der Waals surface area contributed by atoms with Crippen molar-refractivity contribution in [3.8, 4) is 0 Å². The quantitative estimate of drug-likeness (QED) is 0.314. The molecule has 0 unspecified atom stereocenters. The van der Waals surface area contributed by atoms with E-state index in [4.69, 9.17) is 4.74 Å². The fourth-order valence-corrected chi connectivity index (χ4v) is 1.88. The first kappa shape index (κ1) is 13.5. The number of rotatable bonds is 9. The first-order chi connectivity index (χ1) is 7.88. The fraction of sp³-hybridized carbons (Fsp3) is 0.733. The van der Waals surface area contributed by atoms with Crippen molar-refractivity contribution in [3.05, 3.63) is 24.3 Å². The summed E-state index contributed by atoms with van der Waals surface area (Å²) in [4.78, 5) is 0. The van der Waals surface area contributed by atoms with Gasteiger partial charge in [-0.3, -0.25) is 0 Å². The van der Waals surface area contributed by atoms with Crippen molar-refractivity contribution in [1.82, 2.24) is 0 Å². The molecule has 1 fully saturated rings. The highest BCUT2D eigenvalue weighted by molar-refractivity contribution is 5.10. The molecule has 0 saturated carbocycles. The van der Waals surface area contributed by atoms with Gasteiger partial charge in [-0.25, -0.2) is 0 Å². The summed E-state index contributed by atoms with van der Waals surface area (Å²) in [6, 6.07) is 0. The lowest BCUT2D eigenvalue weighted by Gasteiger charge is -1.92. The number of epoxide rings is 1. The van der Waals surface area contributed by atoms with Gasteiger partial charge in [0.25, 0.3) is 0 Å². The smallest absolute Gasteiger partial charge is 0.103 e. The van der Waals surface area contributed by atoms with Crippen LogP contribution in [0, 0.1) is 0 Å². The molecule has 0 radical (unpaired) electrons. The molecule has 0 aromatic heterocycles. The molecule has 1 rings (SSSR count). The van der Waals surface area contributed by atoms with Crippen LogP contribution in [0.1, 0.15) is 58.8 Å². The molecular weight excluding hydrogens is 196 g/mol. The summed E-state index contributed by atoms with van der Waals surface area (Å²) in [7, 11) is 0. The van der Waals surface area contributed by atoms with E-state index >= 15 is 0 Å². The average molecular weight is 222 g/mol. The first-order valence-corrected chi connectivity index (χ1v) is 6.87. The number of unbranched alkanes of at least 4 members (excludes halogenated alkanes) is 4. The van der Waals surface area contributed by atoms with Crippen LogP contribution in [0.25, 0.3) is 0 Å². The summed E-state index contributed by atoms with van der Waals surface area (Å²) in [5, 5.41) is 0. The van der Waals surface area contributed by atoms with Crippen LogP contribution in [0.3, 0.4) is 0 Å². The third kappa shape index (κ3) is 6.12. The molecule has 0 spiro atoms. The monoisotopic (exact) mass is 222 g/mol. The molecule has 0 N–H and O–H groups in total. The second kappa shape index (κ2) is 8.58. The fourth-order valence-electron chi connectivity index (χ4n) is 1.88. The highest BCUT2D eigenvalue weighted by Gasteiger charge is 2.34. The normalized spacial score (nSPS) is 24.6. The number of allylic oxidation sites excluding steroid dienone is 3. The Morgan fingerprint density at radius 3 is 2.62 bits per heavy atom. The third-order valence-corrected chi connectivity index (χ3v) is 2.97. The molecule has 0 aromatic carbocycles. The molecule has 0 aliphatic carbocycles. The van der Waals surface area contributed by atoms with E-state index in [2.05, 4.69) is 38.2 Å². The van der Waals surface area contributed by atoms with Gasteiger partial charge in [-0.1, -0.05) is 63.8 Å². The maximum absolute atomic E-state index is 5.50. The van der Waals surface area contributed by atoms with Gasteiger partial charge in [-0.05, 0) is 19.3 Å². The Morgan fingerprint density at radius 2 is 1.88 bits per heavy atom. The van der Waals surface area contributed by atoms with Crippen LogP contribution in [-0.2, 0) is 4.74 Å². The van der Waals surface area contributed by atoms with Gasteiger partial charge in [0.05, 0.1) is 6.10 Å². The lowest BCUT2D eigenvalue weighted by atomic mass is 10.1. The van der Waals surface area contributed by atoms with Crippen LogP contribution < -0.4 is 0 Å². The van der Waals surface area contributed by atoms with Crippen LogP contribution in [0.15, 0.2) is 24.3 Å². The van der Waals surface area contributed by atoms with Crippen molar-refractivity contribution in [1.29, 1.82) is 0 Å². The highest BCUT2D eigenvalue weighted by atomic mass is 16.6. The Balaban J connectivity index is 1.94. The molecule has 16 heavy (non-hydrogen) atoms. The summed E-state index contributed by atoms with van der Waals surface area (Å²) in [6.45, 7) is 4.46. The van der Waals surface area contributed by atoms with E-state index in [1.165, 1.54) is 44.9 Å². The molecule has 1 aliphatic heterocycles. The Labute approximate surface area is 101 Å². The number of ether oxygens (including phenoxy) is 1. The SMILES string of the molecule is CCCCCC/C=C\C=C\[C@@H]1O[C@H]1CCC. The Morgan fingerprint density at radius 1 is 1.00 bits per heavy atom. The van der Waals surface area contributed by atoms with Crippen LogP contribution in [0.5, 0.6) is 0 Å². The van der Waals surface area contributed by atoms with E-state index in [9.17, 15) is 0 Å². The first-order valence-electron chi connectivity index (χ1n) is 6.87. The number of hydrogen-bond acceptors (Lipinski definition) is 1. The van der Waals surface area contributed by atoms with E-state index in [0.717, 1.165) is 0 Å². The van der Waals surface area contributed by atoms with E-state index in [1.807, 2.05) is 0 Å². The lowest BCUT2D eigenvalue weighted by Crippen LogP contribution is -1.87. The zero-order valence-corrected chi connectivity index (χ0v) is 10.8. The summed E-state index contributed by atoms with van der Waals surface area (Å²) >= 11 is 0. The average Bonchev–Trinajstić information content (AvgIpc) is 3.01. The van der Waals surface area contributed by atoms with E-state index in [0.29, 0.717) is 12.2 Å². The summed E-state index contributed by atoms with van der Waals surface area (Å²) in [5.41, 5.74) is 0. The predicted molar refractivity (Wildman–Crippen MR) is 70.6 cm³/mol. The summed E-state index contributed by atoms with van der Waals surface area (Å²) < 4.78 is 5.50. The highest BCUT2D eigenvalue weighted by Crippen LogP contribution is 2.27. The minimum atomic E-state index is 0.407. The minimum absolute atomic E-state index is 0.407. The van der Waals surface area contributed by atoms with E-state index in [-0.39, 0.29) is 0 Å². The van der Waals surface area contributed by atoms with Crippen molar-refractivity contribution in [3.63, 3.8) is 0 Å². The van der Waals surface area contributed by atoms with Crippen molar-refractivity contribution >= 4 is 0 Å². The van der Waals surface area contributed by atoms with Gasteiger partial charge < -0.3 is 4.74 Å². The van der Waals surface area contributed by atoms with Crippen LogP contribution >= 0.6 is 0 Å². The Kier molecular flexibility index (Phi) is 7.24. The van der Waals surface area contributed by atoms with E-state index in [1.54, 1.807) is 0 Å². The molecule has 0 bridgehead atoms. The van der Waals surface area contributed by atoms with Gasteiger partial charge in [-0.15, -0.1) is 0 Å². The van der Waals surface area contributed by atoms with Gasteiger partial charge in [0.1, 0.15) is 6.10 Å². The Bertz CT molecular complexity index is 217. The molecular formula is C15H26O. The van der Waals surface area contributed by atoms with Crippen LogP contribution in [-0.4, -0.2) is 12.2 Å². The van der Waals surface area contributed by atoms with Crippen molar-refractivity contribution in [2.45, 2.75) is 71.0 Å². The van der Waals surface area contributed by atoms with Gasteiger partial charge >= 0.3 is 0 Å². The molecule has 1 nitrogen and oxygen atoms in total. The molecule has 1 heteroatoms. The zero-order chi connectivity index (χ0) is 11.6. The van der Waals surface area contributed by atoms with Gasteiger partial charge in [-0.2, -0.15) is 0 Å². The second-order valence-corrected chi connectivity index (χ2v) is 4.59. The maximum Gasteiger partial charge on any atom is 0.103 e. The molecule has 1 saturated heterocycles. The second-order valence-electron chi connectivity index (χ2n) is 4.59. The topological polar surface area (TPSA) is 12.5 Å². The van der Waals surface area contributed by atoms with E-state index < -0.39 is 0 Å². The lowest BCUT2D eigenvalue weighted by molar-refractivity contribution is 0.378. The third-order valence-electron chi connectivity index (χ3n) is 2.97. The summed E-state index contributed by atoms with van der Waals surface area (Å²) in [5.74, 6) is 0. The zero-order valence-electron chi connectivity index (χ0n) is 10.8. The van der Waals surface area contributed by atoms with Gasteiger partial charge in [0.15, 0.2) is 0 Å². The summed E-state index contributed by atoms with van der Waals surface area (Å²) in [6.07, 6.45) is 18.7. The molecule has 0 aromatic rings. The van der Waals surface area contributed by atoms with Crippen LogP contribution in [0.4, 0.5) is 0 Å². The van der Waals surface area contributed by atoms with Gasteiger partial charge in [0.2, 0.25) is 0 Å². The molecule has 1 aliphatic rings. The molecule has 92 valence electrons. The molecule has 1 heterocycles. The minimum Gasteiger partial charge on any atom is -0.365 e. The largest absolute Gasteiger partial charge is 0.365 e. The standard InChI is InChI=1S/C15H26O/c1-3-5-6-7-8-9-10-11-13-15-14(16-15)12-4-2/h9-11,13-15H,3-8,12H2,1-2H3/b10-9-,13-11+/t14-,15-/m0/s1. The predicted octanol–water partition coefficient (Wildman–Crippen LogP) is 4.64. The van der Waals surface area contributed by atoms with Crippen LogP contribution in [0.2, 0.25) is 0 Å². The molecule has 0 amide bonds. The van der Waals surface area contributed by atoms with Gasteiger partial charge in [0, 0.05) is 0 Å². The molecule has 2 atom stereocenters.